The van der Waals surface area contributed by atoms with Gasteiger partial charge in [-0.3, -0.25) is 9.59 Å². The van der Waals surface area contributed by atoms with E-state index >= 15 is 0 Å². The number of halogens is 2. The van der Waals surface area contributed by atoms with Crippen LogP contribution in [0.25, 0.3) is 0 Å². The van der Waals surface area contributed by atoms with E-state index in [1.165, 1.54) is 0 Å². The van der Waals surface area contributed by atoms with E-state index in [0.717, 1.165) is 0 Å². The van der Waals surface area contributed by atoms with Crippen molar-refractivity contribution < 1.29 is 18.4 Å². The molecule has 0 bridgehead atoms. The van der Waals surface area contributed by atoms with Crippen LogP contribution in [0.15, 0.2) is 0 Å². The van der Waals surface area contributed by atoms with Crippen molar-refractivity contribution in [2.45, 2.75) is 51.0 Å². The van der Waals surface area contributed by atoms with E-state index in [9.17, 15) is 18.4 Å². The Labute approximate surface area is 111 Å². The highest BCUT2D eigenvalue weighted by atomic mass is 19.3. The topological polar surface area (TPSA) is 49.4 Å². The molecule has 1 heterocycles. The van der Waals surface area contributed by atoms with E-state index in [0.29, 0.717) is 19.5 Å². The molecule has 2 aliphatic rings. The molecule has 108 valence electrons. The fourth-order valence-electron chi connectivity index (χ4n) is 2.91. The van der Waals surface area contributed by atoms with E-state index in [4.69, 9.17) is 0 Å². The van der Waals surface area contributed by atoms with Crippen molar-refractivity contribution in [3.8, 4) is 0 Å². The predicted molar refractivity (Wildman–Crippen MR) is 65.7 cm³/mol. The van der Waals surface area contributed by atoms with Crippen molar-refractivity contribution in [1.29, 1.82) is 0 Å². The monoisotopic (exact) mass is 274 g/mol. The molecule has 19 heavy (non-hydrogen) atoms. The normalized spacial score (nSPS) is 28.1. The fourth-order valence-corrected chi connectivity index (χ4v) is 2.91. The van der Waals surface area contributed by atoms with Crippen LogP contribution in [0.3, 0.4) is 0 Å². The van der Waals surface area contributed by atoms with Crippen LogP contribution in [0.1, 0.15) is 39.0 Å². The molecule has 1 saturated carbocycles. The smallest absolute Gasteiger partial charge is 0.248 e. The number of alkyl halides is 2. The predicted octanol–water partition coefficient (Wildman–Crippen LogP) is 1.55. The molecule has 6 heteroatoms. The van der Waals surface area contributed by atoms with Crippen LogP contribution in [0.5, 0.6) is 0 Å². The third-order valence-corrected chi connectivity index (χ3v) is 4.07. The largest absolute Gasteiger partial charge is 0.353 e. The first kappa shape index (κ1) is 14.2. The van der Waals surface area contributed by atoms with E-state index in [1.807, 2.05) is 6.92 Å². The second-order valence-electron chi connectivity index (χ2n) is 5.38. The summed E-state index contributed by atoms with van der Waals surface area (Å²) in [6, 6.07) is -0.441. The molecule has 1 aliphatic heterocycles. The number of rotatable bonds is 2. The molecule has 0 spiro atoms. The van der Waals surface area contributed by atoms with Gasteiger partial charge in [0, 0.05) is 31.8 Å². The number of carbonyl (C=O) groups excluding carboxylic acids is 2. The van der Waals surface area contributed by atoms with Gasteiger partial charge in [0.25, 0.3) is 0 Å². The highest BCUT2D eigenvalue weighted by molar-refractivity contribution is 5.89. The number of piperazine rings is 1. The highest BCUT2D eigenvalue weighted by Crippen LogP contribution is 2.37. The molecule has 2 fully saturated rings. The number of hydrogen-bond donors (Lipinski definition) is 1. The summed E-state index contributed by atoms with van der Waals surface area (Å²) < 4.78 is 26.2. The van der Waals surface area contributed by atoms with Crippen molar-refractivity contribution in [2.24, 2.45) is 5.92 Å². The SMILES string of the molecule is CCC1C(=O)NCCN1C(=O)C1CCC(F)(F)CC1. The van der Waals surface area contributed by atoms with E-state index in [2.05, 4.69) is 5.32 Å². The molecule has 0 aromatic carbocycles. The Balaban J connectivity index is 2.01. The summed E-state index contributed by atoms with van der Waals surface area (Å²) in [7, 11) is 0. The molecule has 4 nitrogen and oxygen atoms in total. The van der Waals surface area contributed by atoms with Gasteiger partial charge in [0.05, 0.1) is 0 Å². The zero-order valence-electron chi connectivity index (χ0n) is 11.1. The van der Waals surface area contributed by atoms with Gasteiger partial charge < -0.3 is 10.2 Å². The maximum atomic E-state index is 13.1. The first-order chi connectivity index (χ1) is 8.94. The minimum absolute atomic E-state index is 0.128. The van der Waals surface area contributed by atoms with Crippen molar-refractivity contribution in [3.05, 3.63) is 0 Å². The third-order valence-electron chi connectivity index (χ3n) is 4.07. The van der Waals surface area contributed by atoms with Crippen molar-refractivity contribution in [2.75, 3.05) is 13.1 Å². The first-order valence-corrected chi connectivity index (χ1v) is 6.90. The molecule has 0 radical (unpaired) electrons. The second kappa shape index (κ2) is 5.43. The summed E-state index contributed by atoms with van der Waals surface area (Å²) in [6.07, 6.45) is 0.557. The number of carbonyl (C=O) groups is 2. The van der Waals surface area contributed by atoms with Crippen LogP contribution in [-0.2, 0) is 9.59 Å². The molecular weight excluding hydrogens is 254 g/mol. The minimum atomic E-state index is -2.62. The molecule has 0 aromatic heterocycles. The quantitative estimate of drug-likeness (QED) is 0.830. The molecule has 2 amide bonds. The maximum Gasteiger partial charge on any atom is 0.248 e. The minimum Gasteiger partial charge on any atom is -0.353 e. The van der Waals surface area contributed by atoms with Gasteiger partial charge in [-0.25, -0.2) is 8.78 Å². The average molecular weight is 274 g/mol. The van der Waals surface area contributed by atoms with Crippen LogP contribution in [0.2, 0.25) is 0 Å². The van der Waals surface area contributed by atoms with Gasteiger partial charge in [-0.2, -0.15) is 0 Å². The summed E-state index contributed by atoms with van der Waals surface area (Å²) in [6.45, 7) is 2.78. The molecular formula is C13H20F2N2O2. The Morgan fingerprint density at radius 1 is 1.42 bits per heavy atom. The Kier molecular flexibility index (Phi) is 4.06. The Bertz CT molecular complexity index is 364. The zero-order chi connectivity index (χ0) is 14.0. The van der Waals surface area contributed by atoms with Gasteiger partial charge >= 0.3 is 0 Å². The first-order valence-electron chi connectivity index (χ1n) is 6.90. The summed E-state index contributed by atoms with van der Waals surface area (Å²) in [5.41, 5.74) is 0. The fraction of sp³-hybridized carbons (Fsp3) is 0.846. The molecule has 1 aliphatic carbocycles. The number of nitrogens with one attached hydrogen (secondary N) is 1. The zero-order valence-corrected chi connectivity index (χ0v) is 11.1. The Morgan fingerprint density at radius 3 is 2.63 bits per heavy atom. The van der Waals surface area contributed by atoms with E-state index < -0.39 is 12.0 Å². The second-order valence-corrected chi connectivity index (χ2v) is 5.38. The van der Waals surface area contributed by atoms with Gasteiger partial charge in [-0.15, -0.1) is 0 Å². The van der Waals surface area contributed by atoms with Crippen LogP contribution < -0.4 is 5.32 Å². The van der Waals surface area contributed by atoms with E-state index in [-0.39, 0.29) is 43.4 Å². The molecule has 2 rings (SSSR count). The summed E-state index contributed by atoms with van der Waals surface area (Å²) in [4.78, 5) is 25.7. The summed E-state index contributed by atoms with van der Waals surface area (Å²) >= 11 is 0. The van der Waals surface area contributed by atoms with Gasteiger partial charge in [0.2, 0.25) is 17.7 Å². The van der Waals surface area contributed by atoms with Gasteiger partial charge in [-0.1, -0.05) is 6.92 Å². The standard InChI is InChI=1S/C13H20F2N2O2/c1-2-10-11(18)16-7-8-17(10)12(19)9-3-5-13(14,15)6-4-9/h9-10H,2-8H2,1H3,(H,16,18). The van der Waals surface area contributed by atoms with Gasteiger partial charge in [0.15, 0.2) is 0 Å². The maximum absolute atomic E-state index is 13.1. The number of hydrogen-bond acceptors (Lipinski definition) is 2. The number of nitrogens with zero attached hydrogens (tertiary/aromatic N) is 1. The highest BCUT2D eigenvalue weighted by Gasteiger charge is 2.41. The Hall–Kier alpha value is -1.20. The summed E-state index contributed by atoms with van der Waals surface area (Å²) in [5, 5.41) is 2.73. The molecule has 1 N–H and O–H groups in total. The summed E-state index contributed by atoms with van der Waals surface area (Å²) in [5.74, 6) is -3.24. The van der Waals surface area contributed by atoms with E-state index in [1.54, 1.807) is 4.90 Å². The molecule has 1 unspecified atom stereocenters. The van der Waals surface area contributed by atoms with Crippen molar-refractivity contribution in [1.82, 2.24) is 10.2 Å². The lowest BCUT2D eigenvalue weighted by Crippen LogP contribution is -2.58. The lowest BCUT2D eigenvalue weighted by atomic mass is 9.85. The van der Waals surface area contributed by atoms with Crippen LogP contribution >= 0.6 is 0 Å². The average Bonchev–Trinajstić information content (AvgIpc) is 2.37. The Morgan fingerprint density at radius 2 is 2.05 bits per heavy atom. The molecule has 1 atom stereocenters. The van der Waals surface area contributed by atoms with Crippen LogP contribution in [0.4, 0.5) is 8.78 Å². The van der Waals surface area contributed by atoms with Gasteiger partial charge in [-0.05, 0) is 19.3 Å². The third kappa shape index (κ3) is 3.04. The molecule has 0 aromatic rings. The lowest BCUT2D eigenvalue weighted by molar-refractivity contribution is -0.149. The van der Waals surface area contributed by atoms with Crippen molar-refractivity contribution in [3.63, 3.8) is 0 Å². The molecule has 1 saturated heterocycles. The lowest BCUT2D eigenvalue weighted by Gasteiger charge is -2.38. The van der Waals surface area contributed by atoms with Gasteiger partial charge in [0.1, 0.15) is 6.04 Å². The van der Waals surface area contributed by atoms with Crippen molar-refractivity contribution >= 4 is 11.8 Å². The van der Waals surface area contributed by atoms with Crippen LogP contribution in [0, 0.1) is 5.92 Å². The number of amides is 2. The van der Waals surface area contributed by atoms with Crippen LogP contribution in [-0.4, -0.2) is 41.8 Å².